The van der Waals surface area contributed by atoms with Crippen molar-refractivity contribution in [2.24, 2.45) is 5.92 Å². The summed E-state index contributed by atoms with van der Waals surface area (Å²) in [6, 6.07) is 5.88. The number of benzene rings is 1. The Morgan fingerprint density at radius 1 is 1.44 bits per heavy atom. The number of alkyl halides is 1. The first kappa shape index (κ1) is 17.2. The Hall–Kier alpha value is -2.68. The SMILES string of the molecule is COC(=O)C1=C(C2CC2)NC(C)=C(C#N)C1c1ccc(F)cc1CF. The van der Waals surface area contributed by atoms with Gasteiger partial charge in [0, 0.05) is 11.4 Å². The minimum absolute atomic E-state index is 0.129. The van der Waals surface area contributed by atoms with Gasteiger partial charge in [-0.25, -0.2) is 13.6 Å². The Labute approximate surface area is 144 Å². The highest BCUT2D eigenvalue weighted by Gasteiger charge is 2.41. The van der Waals surface area contributed by atoms with Crippen molar-refractivity contribution in [2.75, 3.05) is 7.11 Å². The largest absolute Gasteiger partial charge is 0.466 e. The molecule has 1 aliphatic carbocycles. The van der Waals surface area contributed by atoms with E-state index in [1.807, 2.05) is 0 Å². The van der Waals surface area contributed by atoms with Gasteiger partial charge in [0.15, 0.2) is 0 Å². The quantitative estimate of drug-likeness (QED) is 0.848. The molecule has 0 radical (unpaired) electrons. The van der Waals surface area contributed by atoms with Gasteiger partial charge < -0.3 is 10.1 Å². The molecule has 1 aromatic rings. The summed E-state index contributed by atoms with van der Waals surface area (Å²) in [6.07, 6.45) is 1.87. The molecule has 1 aliphatic heterocycles. The van der Waals surface area contributed by atoms with Crippen LogP contribution in [-0.4, -0.2) is 13.1 Å². The number of dihydropyridines is 1. The summed E-state index contributed by atoms with van der Waals surface area (Å²) in [5.74, 6) is -1.69. The van der Waals surface area contributed by atoms with Crippen molar-refractivity contribution in [3.05, 3.63) is 57.7 Å². The van der Waals surface area contributed by atoms with Crippen LogP contribution < -0.4 is 5.32 Å². The monoisotopic (exact) mass is 344 g/mol. The van der Waals surface area contributed by atoms with Crippen molar-refractivity contribution >= 4 is 5.97 Å². The Bertz CT molecular complexity index is 832. The fourth-order valence-electron chi connectivity index (χ4n) is 3.32. The van der Waals surface area contributed by atoms with Gasteiger partial charge in [0.1, 0.15) is 12.5 Å². The molecule has 1 unspecified atom stereocenters. The molecule has 1 aromatic carbocycles. The summed E-state index contributed by atoms with van der Waals surface area (Å²) >= 11 is 0. The molecule has 3 rings (SSSR count). The zero-order chi connectivity index (χ0) is 18.1. The average molecular weight is 344 g/mol. The molecule has 1 heterocycles. The maximum Gasteiger partial charge on any atom is 0.336 e. The lowest BCUT2D eigenvalue weighted by Gasteiger charge is -2.30. The van der Waals surface area contributed by atoms with Crippen LogP contribution >= 0.6 is 0 Å². The van der Waals surface area contributed by atoms with Crippen molar-refractivity contribution < 1.29 is 18.3 Å². The number of hydrogen-bond donors (Lipinski definition) is 1. The van der Waals surface area contributed by atoms with Crippen LogP contribution in [0, 0.1) is 23.1 Å². The smallest absolute Gasteiger partial charge is 0.336 e. The second-order valence-electron chi connectivity index (χ2n) is 6.28. The fraction of sp³-hybridized carbons (Fsp3) is 0.368. The second-order valence-corrected chi connectivity index (χ2v) is 6.28. The zero-order valence-corrected chi connectivity index (χ0v) is 14.0. The molecule has 6 heteroatoms. The van der Waals surface area contributed by atoms with E-state index in [4.69, 9.17) is 4.74 Å². The Kier molecular flexibility index (Phi) is 4.58. The third-order valence-electron chi connectivity index (χ3n) is 4.67. The molecule has 130 valence electrons. The first-order valence-electron chi connectivity index (χ1n) is 8.06. The third kappa shape index (κ3) is 3.02. The summed E-state index contributed by atoms with van der Waals surface area (Å²) in [7, 11) is 1.27. The van der Waals surface area contributed by atoms with E-state index in [0.717, 1.165) is 24.6 Å². The highest BCUT2D eigenvalue weighted by Crippen LogP contribution is 2.46. The van der Waals surface area contributed by atoms with Crippen molar-refractivity contribution in [1.29, 1.82) is 5.26 Å². The average Bonchev–Trinajstić information content (AvgIpc) is 3.45. The van der Waals surface area contributed by atoms with E-state index in [1.165, 1.54) is 19.2 Å². The Morgan fingerprint density at radius 2 is 2.16 bits per heavy atom. The van der Waals surface area contributed by atoms with Crippen molar-refractivity contribution in [3.63, 3.8) is 0 Å². The van der Waals surface area contributed by atoms with E-state index in [1.54, 1.807) is 6.92 Å². The fourth-order valence-corrected chi connectivity index (χ4v) is 3.32. The van der Waals surface area contributed by atoms with Gasteiger partial charge in [-0.15, -0.1) is 0 Å². The van der Waals surface area contributed by atoms with Gasteiger partial charge in [0.05, 0.1) is 30.2 Å². The number of nitrogens with zero attached hydrogens (tertiary/aromatic N) is 1. The van der Waals surface area contributed by atoms with Crippen LogP contribution in [0.2, 0.25) is 0 Å². The van der Waals surface area contributed by atoms with E-state index >= 15 is 0 Å². The van der Waals surface area contributed by atoms with Gasteiger partial charge in [-0.2, -0.15) is 5.26 Å². The van der Waals surface area contributed by atoms with Crippen LogP contribution in [-0.2, 0) is 16.2 Å². The third-order valence-corrected chi connectivity index (χ3v) is 4.67. The molecule has 0 bridgehead atoms. The van der Waals surface area contributed by atoms with Crippen LogP contribution in [0.1, 0.15) is 36.8 Å². The molecule has 1 saturated carbocycles. The first-order chi connectivity index (χ1) is 12.0. The molecule has 1 N–H and O–H groups in total. The molecule has 1 atom stereocenters. The summed E-state index contributed by atoms with van der Waals surface area (Å²) in [6.45, 7) is 0.864. The van der Waals surface area contributed by atoms with Crippen LogP contribution in [0.15, 0.2) is 40.7 Å². The summed E-state index contributed by atoms with van der Waals surface area (Å²) in [5.41, 5.74) is 2.52. The highest BCUT2D eigenvalue weighted by atomic mass is 19.1. The number of carbonyl (C=O) groups excluding carboxylic acids is 1. The maximum absolute atomic E-state index is 13.5. The highest BCUT2D eigenvalue weighted by molar-refractivity contribution is 5.93. The van der Waals surface area contributed by atoms with Crippen molar-refractivity contribution in [3.8, 4) is 6.07 Å². The summed E-state index contributed by atoms with van der Waals surface area (Å²) in [5, 5.41) is 12.8. The van der Waals surface area contributed by atoms with Crippen LogP contribution in [0.3, 0.4) is 0 Å². The Morgan fingerprint density at radius 3 is 2.72 bits per heavy atom. The van der Waals surface area contributed by atoms with Gasteiger partial charge in [-0.3, -0.25) is 0 Å². The van der Waals surface area contributed by atoms with Gasteiger partial charge in [0.25, 0.3) is 0 Å². The van der Waals surface area contributed by atoms with Crippen LogP contribution in [0.5, 0.6) is 0 Å². The number of ether oxygens (including phenoxy) is 1. The molecule has 0 amide bonds. The molecule has 0 saturated heterocycles. The summed E-state index contributed by atoms with van der Waals surface area (Å²) in [4.78, 5) is 12.5. The van der Waals surface area contributed by atoms with Gasteiger partial charge >= 0.3 is 5.97 Å². The zero-order valence-electron chi connectivity index (χ0n) is 14.0. The molecule has 25 heavy (non-hydrogen) atoms. The topological polar surface area (TPSA) is 62.1 Å². The van der Waals surface area contributed by atoms with E-state index in [-0.39, 0.29) is 11.5 Å². The minimum Gasteiger partial charge on any atom is -0.466 e. The van der Waals surface area contributed by atoms with Crippen LogP contribution in [0.4, 0.5) is 8.78 Å². The number of allylic oxidation sites excluding steroid dienone is 3. The standard InChI is InChI=1S/C19H18F2N2O2/c1-10-15(9-22)16(14-6-5-13(21)7-12(14)8-20)17(19(24)25-2)18(23-10)11-3-4-11/h5-7,11,16,23H,3-4,8H2,1-2H3. The van der Waals surface area contributed by atoms with E-state index < -0.39 is 24.4 Å². The van der Waals surface area contributed by atoms with E-state index in [2.05, 4.69) is 11.4 Å². The summed E-state index contributed by atoms with van der Waals surface area (Å²) < 4.78 is 32.0. The van der Waals surface area contributed by atoms with Gasteiger partial charge in [0.2, 0.25) is 0 Å². The number of methoxy groups -OCH3 is 1. The maximum atomic E-state index is 13.5. The number of hydrogen-bond acceptors (Lipinski definition) is 4. The molecule has 0 aromatic heterocycles. The number of nitriles is 1. The molecule has 2 aliphatic rings. The number of nitrogens with one attached hydrogen (secondary N) is 1. The van der Waals surface area contributed by atoms with Gasteiger partial charge in [-0.05, 0) is 48.9 Å². The molecular formula is C19H18F2N2O2. The van der Waals surface area contributed by atoms with Gasteiger partial charge in [-0.1, -0.05) is 6.07 Å². The second kappa shape index (κ2) is 6.67. The Balaban J connectivity index is 2.25. The predicted octanol–water partition coefficient (Wildman–Crippen LogP) is 3.62. The lowest BCUT2D eigenvalue weighted by Crippen LogP contribution is -2.30. The number of esters is 1. The lowest BCUT2D eigenvalue weighted by atomic mass is 9.78. The predicted molar refractivity (Wildman–Crippen MR) is 87.2 cm³/mol. The minimum atomic E-state index is -0.887. The molecule has 1 fully saturated rings. The van der Waals surface area contributed by atoms with E-state index in [9.17, 15) is 18.8 Å². The number of carbonyl (C=O) groups is 1. The number of rotatable bonds is 4. The molecule has 4 nitrogen and oxygen atoms in total. The first-order valence-corrected chi connectivity index (χ1v) is 8.06. The van der Waals surface area contributed by atoms with Crippen molar-refractivity contribution in [2.45, 2.75) is 32.4 Å². The molecular weight excluding hydrogens is 326 g/mol. The van der Waals surface area contributed by atoms with Crippen molar-refractivity contribution in [1.82, 2.24) is 5.32 Å². The van der Waals surface area contributed by atoms with Crippen LogP contribution in [0.25, 0.3) is 0 Å². The molecule has 0 spiro atoms. The van der Waals surface area contributed by atoms with E-state index in [0.29, 0.717) is 22.4 Å². The normalized spacial score (nSPS) is 20.2. The lowest BCUT2D eigenvalue weighted by molar-refractivity contribution is -0.136. The number of halogens is 2.